The van der Waals surface area contributed by atoms with Gasteiger partial charge in [0.2, 0.25) is 5.91 Å². The van der Waals surface area contributed by atoms with Crippen LogP contribution in [-0.4, -0.2) is 81.3 Å². The van der Waals surface area contributed by atoms with Crippen LogP contribution in [0.1, 0.15) is 49.5 Å². The Morgan fingerprint density at radius 2 is 2.04 bits per heavy atom. The molecule has 1 aromatic rings. The normalized spacial score (nSPS) is 25.0. The fourth-order valence-electron chi connectivity index (χ4n) is 4.06. The molecule has 148 valence electrons. The van der Waals surface area contributed by atoms with Crippen molar-refractivity contribution >= 4 is 11.8 Å². The molecule has 2 N–H and O–H groups in total. The molecule has 0 radical (unpaired) electrons. The van der Waals surface area contributed by atoms with Crippen molar-refractivity contribution in [3.63, 3.8) is 0 Å². The number of hydrogen-bond donors (Lipinski definition) is 2. The Labute approximate surface area is 159 Å². The summed E-state index contributed by atoms with van der Waals surface area (Å²) in [4.78, 5) is 27.8. The number of β-amino-alcohol motifs (C(OH)–C–C–N with tert-alkyl or cyclic N) is 1. The molecule has 27 heavy (non-hydrogen) atoms. The maximum Gasteiger partial charge on any atom is 0.274 e. The van der Waals surface area contributed by atoms with Gasteiger partial charge in [0.25, 0.3) is 5.91 Å². The largest absolute Gasteiger partial charge is 0.388 e. The highest BCUT2D eigenvalue weighted by molar-refractivity contribution is 5.92. The molecule has 2 fully saturated rings. The average Bonchev–Trinajstić information content (AvgIpc) is 2.85. The van der Waals surface area contributed by atoms with E-state index in [1.54, 1.807) is 30.2 Å². The highest BCUT2D eigenvalue weighted by atomic mass is 16.3. The second-order valence-electron chi connectivity index (χ2n) is 7.73. The van der Waals surface area contributed by atoms with Crippen molar-refractivity contribution in [2.24, 2.45) is 0 Å². The minimum atomic E-state index is -0.780. The van der Waals surface area contributed by atoms with Crippen LogP contribution in [-0.2, 0) is 4.79 Å². The zero-order valence-corrected chi connectivity index (χ0v) is 15.9. The third-order valence-corrected chi connectivity index (χ3v) is 5.51. The van der Waals surface area contributed by atoms with Crippen molar-refractivity contribution in [1.82, 2.24) is 25.3 Å². The van der Waals surface area contributed by atoms with Gasteiger partial charge in [0, 0.05) is 51.9 Å². The van der Waals surface area contributed by atoms with E-state index in [1.807, 2.05) is 0 Å². The Hall–Kier alpha value is -2.06. The highest BCUT2D eigenvalue weighted by Gasteiger charge is 2.34. The lowest BCUT2D eigenvalue weighted by molar-refractivity contribution is -0.120. The van der Waals surface area contributed by atoms with Crippen LogP contribution in [0, 0.1) is 0 Å². The van der Waals surface area contributed by atoms with Gasteiger partial charge in [-0.25, -0.2) is 0 Å². The lowest BCUT2D eigenvalue weighted by Crippen LogP contribution is -2.50. The Morgan fingerprint density at radius 1 is 1.26 bits per heavy atom. The first kappa shape index (κ1) is 19.7. The molecule has 0 aliphatic carbocycles. The van der Waals surface area contributed by atoms with Crippen LogP contribution in [0.25, 0.3) is 0 Å². The molecule has 2 amide bonds. The zero-order chi connectivity index (χ0) is 19.3. The van der Waals surface area contributed by atoms with E-state index in [4.69, 9.17) is 0 Å². The van der Waals surface area contributed by atoms with E-state index in [2.05, 4.69) is 20.4 Å². The number of piperidine rings is 1. The number of hydrogen-bond acceptors (Lipinski definition) is 6. The van der Waals surface area contributed by atoms with Crippen molar-refractivity contribution in [3.8, 4) is 0 Å². The third-order valence-electron chi connectivity index (χ3n) is 5.51. The molecule has 8 nitrogen and oxygen atoms in total. The molecule has 3 heterocycles. The predicted molar refractivity (Wildman–Crippen MR) is 100 cm³/mol. The minimum Gasteiger partial charge on any atom is -0.388 e. The van der Waals surface area contributed by atoms with Crippen LogP contribution in [0.4, 0.5) is 0 Å². The Morgan fingerprint density at radius 3 is 2.70 bits per heavy atom. The van der Waals surface area contributed by atoms with E-state index in [9.17, 15) is 14.7 Å². The van der Waals surface area contributed by atoms with Gasteiger partial charge in [-0.1, -0.05) is 0 Å². The molecule has 2 saturated heterocycles. The van der Waals surface area contributed by atoms with Gasteiger partial charge >= 0.3 is 0 Å². The number of nitrogens with one attached hydrogen (secondary N) is 1. The van der Waals surface area contributed by atoms with Crippen LogP contribution >= 0.6 is 0 Å². The summed E-state index contributed by atoms with van der Waals surface area (Å²) in [6.45, 7) is 5.06. The van der Waals surface area contributed by atoms with E-state index < -0.39 is 5.60 Å². The highest BCUT2D eigenvalue weighted by Crippen LogP contribution is 2.25. The molecule has 0 unspecified atom stereocenters. The molecular weight excluding hydrogens is 346 g/mol. The maximum absolute atomic E-state index is 12.6. The van der Waals surface area contributed by atoms with Crippen LogP contribution in [0.5, 0.6) is 0 Å². The monoisotopic (exact) mass is 375 g/mol. The number of amides is 2. The molecule has 2 aliphatic heterocycles. The van der Waals surface area contributed by atoms with Gasteiger partial charge in [-0.15, -0.1) is 5.10 Å². The van der Waals surface area contributed by atoms with Gasteiger partial charge in [-0.05, 0) is 44.2 Å². The number of carbonyl (C=O) groups excluding carboxylic acids is 2. The summed E-state index contributed by atoms with van der Waals surface area (Å²) in [6.07, 6.45) is 5.38. The summed E-state index contributed by atoms with van der Waals surface area (Å²) in [5, 5.41) is 21.8. The fourth-order valence-corrected chi connectivity index (χ4v) is 4.06. The number of nitrogens with zero attached hydrogens (tertiary/aromatic N) is 4. The van der Waals surface area contributed by atoms with Gasteiger partial charge in [0.15, 0.2) is 5.69 Å². The smallest absolute Gasteiger partial charge is 0.274 e. The Kier molecular flexibility index (Phi) is 6.38. The summed E-state index contributed by atoms with van der Waals surface area (Å²) >= 11 is 0. The topological polar surface area (TPSA) is 98.7 Å². The van der Waals surface area contributed by atoms with E-state index >= 15 is 0 Å². The van der Waals surface area contributed by atoms with Crippen LogP contribution in [0.2, 0.25) is 0 Å². The van der Waals surface area contributed by atoms with E-state index in [1.165, 1.54) is 0 Å². The van der Waals surface area contributed by atoms with Crippen LogP contribution < -0.4 is 5.32 Å². The predicted octanol–water partition coefficient (Wildman–Crippen LogP) is 0.434. The molecule has 2 aliphatic rings. The Bertz CT molecular complexity index is 648. The lowest BCUT2D eigenvalue weighted by atomic mass is 9.93. The maximum atomic E-state index is 12.6. The van der Waals surface area contributed by atoms with Gasteiger partial charge in [-0.3, -0.25) is 9.59 Å². The summed E-state index contributed by atoms with van der Waals surface area (Å²) in [5.74, 6) is -0.104. The lowest BCUT2D eigenvalue weighted by Gasteiger charge is -2.38. The zero-order valence-electron chi connectivity index (χ0n) is 15.9. The fraction of sp³-hybridized carbons (Fsp3) is 0.684. The molecule has 0 aromatic carbocycles. The minimum absolute atomic E-state index is 0.0173. The Balaban J connectivity index is 1.51. The number of aromatic nitrogens is 2. The van der Waals surface area contributed by atoms with Crippen molar-refractivity contribution in [2.75, 3.05) is 32.7 Å². The van der Waals surface area contributed by atoms with Gasteiger partial charge in [0.05, 0.1) is 5.60 Å². The number of aliphatic hydroxyl groups is 1. The summed E-state index contributed by atoms with van der Waals surface area (Å²) < 4.78 is 0. The molecule has 0 saturated carbocycles. The first-order valence-corrected chi connectivity index (χ1v) is 9.74. The van der Waals surface area contributed by atoms with E-state index in [0.29, 0.717) is 38.2 Å². The third kappa shape index (κ3) is 5.46. The molecule has 1 aromatic heterocycles. The van der Waals surface area contributed by atoms with Gasteiger partial charge in [0.1, 0.15) is 0 Å². The standard InChI is InChI=1S/C19H29N5O3/c1-15(25)21-16-5-11-23(12-6-16)14-19(27)7-3-10-24(13-8-19)18(26)17-4-2-9-20-22-17/h2,4,9,16,27H,3,5-8,10-14H2,1H3,(H,21,25)/t19-/m1/s1. The summed E-state index contributed by atoms with van der Waals surface area (Å²) in [5.41, 5.74) is -0.430. The second-order valence-corrected chi connectivity index (χ2v) is 7.73. The molecule has 0 bridgehead atoms. The van der Waals surface area contributed by atoms with Crippen molar-refractivity contribution in [3.05, 3.63) is 24.0 Å². The van der Waals surface area contributed by atoms with Crippen molar-refractivity contribution in [1.29, 1.82) is 0 Å². The average molecular weight is 375 g/mol. The summed E-state index contributed by atoms with van der Waals surface area (Å²) in [6, 6.07) is 3.62. The first-order valence-electron chi connectivity index (χ1n) is 9.74. The number of rotatable bonds is 4. The van der Waals surface area contributed by atoms with E-state index in [0.717, 1.165) is 32.4 Å². The number of carbonyl (C=O) groups is 2. The molecular formula is C19H29N5O3. The van der Waals surface area contributed by atoms with Gasteiger partial charge < -0.3 is 20.2 Å². The SMILES string of the molecule is CC(=O)NC1CCN(C[C@@]2(O)CCCN(C(=O)c3cccnn3)CC2)CC1. The second kappa shape index (κ2) is 8.75. The summed E-state index contributed by atoms with van der Waals surface area (Å²) in [7, 11) is 0. The molecule has 0 spiro atoms. The number of likely N-dealkylation sites (tertiary alicyclic amines) is 2. The van der Waals surface area contributed by atoms with Crippen LogP contribution in [0.3, 0.4) is 0 Å². The first-order chi connectivity index (χ1) is 13.0. The van der Waals surface area contributed by atoms with Gasteiger partial charge in [-0.2, -0.15) is 5.10 Å². The van der Waals surface area contributed by atoms with Crippen LogP contribution in [0.15, 0.2) is 18.3 Å². The molecule has 1 atom stereocenters. The quantitative estimate of drug-likeness (QED) is 0.792. The molecule has 3 rings (SSSR count). The van der Waals surface area contributed by atoms with Crippen molar-refractivity contribution < 1.29 is 14.7 Å². The molecule has 8 heteroatoms. The van der Waals surface area contributed by atoms with Crippen molar-refractivity contribution in [2.45, 2.75) is 50.7 Å². The van der Waals surface area contributed by atoms with E-state index in [-0.39, 0.29) is 17.9 Å².